The molecule has 138 valence electrons. The van der Waals surface area contributed by atoms with Crippen molar-refractivity contribution in [3.05, 3.63) is 83.9 Å². The highest BCUT2D eigenvalue weighted by atomic mass is 31.2. The van der Waals surface area contributed by atoms with E-state index >= 15 is 0 Å². The molecule has 0 radical (unpaired) electrons. The van der Waals surface area contributed by atoms with Gasteiger partial charge in [0.2, 0.25) is 0 Å². The van der Waals surface area contributed by atoms with Gasteiger partial charge in [-0.1, -0.05) is 66.7 Å². The monoisotopic (exact) mass is 376 g/mol. The van der Waals surface area contributed by atoms with Gasteiger partial charge in [0, 0.05) is 23.6 Å². The van der Waals surface area contributed by atoms with Crippen LogP contribution in [0.4, 0.5) is 0 Å². The summed E-state index contributed by atoms with van der Waals surface area (Å²) >= 11 is 0. The average molecular weight is 376 g/mol. The quantitative estimate of drug-likeness (QED) is 0.416. The Kier molecular flexibility index (Phi) is 6.89. The van der Waals surface area contributed by atoms with E-state index in [0.29, 0.717) is 11.1 Å². The lowest BCUT2D eigenvalue weighted by molar-refractivity contribution is -0.151. The molecule has 2 N–H and O–H groups in total. The fourth-order valence-electron chi connectivity index (χ4n) is 2.69. The summed E-state index contributed by atoms with van der Waals surface area (Å²) < 4.78 is 21.5. The highest BCUT2D eigenvalue weighted by Gasteiger charge is 2.38. The predicted octanol–water partition coefficient (Wildman–Crippen LogP) is 3.55. The highest BCUT2D eigenvalue weighted by molar-refractivity contribution is 7.46. The topological polar surface area (TPSA) is 93.1 Å². The largest absolute Gasteiger partial charge is 0.469 e. The van der Waals surface area contributed by atoms with Gasteiger partial charge in [-0.2, -0.15) is 0 Å². The first-order valence-corrected chi connectivity index (χ1v) is 9.57. The summed E-state index contributed by atoms with van der Waals surface area (Å²) in [5, 5.41) is 0. The lowest BCUT2D eigenvalue weighted by Gasteiger charge is -2.34. The van der Waals surface area contributed by atoms with Crippen molar-refractivity contribution in [1.29, 1.82) is 0 Å². The number of carbonyl (C=O) groups excluding carboxylic acids is 1. The van der Waals surface area contributed by atoms with Crippen molar-refractivity contribution < 1.29 is 28.4 Å². The van der Waals surface area contributed by atoms with E-state index in [2.05, 4.69) is 4.52 Å². The molecule has 0 aliphatic carbocycles. The second-order valence-corrected chi connectivity index (χ2v) is 6.79. The standard InChI is InChI=1S/C19H21O6P/c1-2-9-18(20)25-19(14-15-24-26(21,22)23,16-10-5-3-6-11-16)17-12-7-4-8-13-17/h2-13H,14-15H2,1H3,(H2,21,22,23). The zero-order valence-electron chi connectivity index (χ0n) is 14.3. The lowest BCUT2D eigenvalue weighted by atomic mass is 9.83. The Morgan fingerprint density at radius 3 is 1.96 bits per heavy atom. The van der Waals surface area contributed by atoms with Crippen molar-refractivity contribution in [2.75, 3.05) is 6.61 Å². The van der Waals surface area contributed by atoms with Crippen LogP contribution in [0.3, 0.4) is 0 Å². The van der Waals surface area contributed by atoms with E-state index in [1.54, 1.807) is 61.5 Å². The average Bonchev–Trinajstić information content (AvgIpc) is 2.61. The molecule has 2 rings (SSSR count). The molecule has 0 saturated heterocycles. The molecule has 0 heterocycles. The smallest absolute Gasteiger partial charge is 0.446 e. The Bertz CT molecular complexity index is 743. The van der Waals surface area contributed by atoms with Crippen LogP contribution in [0.15, 0.2) is 72.8 Å². The maximum atomic E-state index is 12.3. The SMILES string of the molecule is CC=CC(=O)OC(CCOP(=O)(O)O)(c1ccccc1)c1ccccc1. The molecule has 0 atom stereocenters. The number of rotatable bonds is 8. The first-order valence-electron chi connectivity index (χ1n) is 8.04. The fourth-order valence-corrected chi connectivity index (χ4v) is 3.02. The van der Waals surface area contributed by atoms with Crippen LogP contribution in [-0.2, 0) is 24.2 Å². The van der Waals surface area contributed by atoms with Crippen LogP contribution in [-0.4, -0.2) is 22.4 Å². The van der Waals surface area contributed by atoms with Gasteiger partial charge in [0.05, 0.1) is 6.61 Å². The van der Waals surface area contributed by atoms with Crippen LogP contribution in [0.2, 0.25) is 0 Å². The Morgan fingerprint density at radius 2 is 1.54 bits per heavy atom. The molecule has 0 aromatic heterocycles. The van der Waals surface area contributed by atoms with E-state index in [1.165, 1.54) is 6.08 Å². The van der Waals surface area contributed by atoms with Crippen molar-refractivity contribution in [1.82, 2.24) is 0 Å². The number of phosphoric acid groups is 1. The van der Waals surface area contributed by atoms with Crippen molar-refractivity contribution in [2.24, 2.45) is 0 Å². The number of hydrogen-bond acceptors (Lipinski definition) is 4. The molecule has 0 saturated carbocycles. The van der Waals surface area contributed by atoms with E-state index in [9.17, 15) is 9.36 Å². The molecule has 2 aromatic carbocycles. The van der Waals surface area contributed by atoms with Crippen LogP contribution in [0.1, 0.15) is 24.5 Å². The Balaban J connectivity index is 2.51. The minimum Gasteiger partial charge on any atom is -0.446 e. The molecule has 0 aliphatic rings. The van der Waals surface area contributed by atoms with E-state index in [-0.39, 0.29) is 13.0 Å². The van der Waals surface area contributed by atoms with E-state index in [4.69, 9.17) is 14.5 Å². The molecule has 6 nitrogen and oxygen atoms in total. The summed E-state index contributed by atoms with van der Waals surface area (Å²) in [6, 6.07) is 18.1. The summed E-state index contributed by atoms with van der Waals surface area (Å²) in [5.74, 6) is -0.559. The molecule has 7 heteroatoms. The molecule has 0 aliphatic heterocycles. The van der Waals surface area contributed by atoms with Crippen molar-refractivity contribution in [2.45, 2.75) is 18.9 Å². The third-order valence-electron chi connectivity index (χ3n) is 3.77. The molecule has 26 heavy (non-hydrogen) atoms. The minimum absolute atomic E-state index is 0.0371. The van der Waals surface area contributed by atoms with Gasteiger partial charge < -0.3 is 14.5 Å². The molecule has 0 bridgehead atoms. The first kappa shape index (κ1) is 20.1. The summed E-state index contributed by atoms with van der Waals surface area (Å²) in [5.41, 5.74) is 0.116. The summed E-state index contributed by atoms with van der Waals surface area (Å²) in [6.45, 7) is 1.40. The van der Waals surface area contributed by atoms with Gasteiger partial charge in [0.25, 0.3) is 0 Å². The number of carbonyl (C=O) groups is 1. The van der Waals surface area contributed by atoms with Crippen molar-refractivity contribution in [3.63, 3.8) is 0 Å². The maximum absolute atomic E-state index is 12.3. The fraction of sp³-hybridized carbons (Fsp3) is 0.211. The van der Waals surface area contributed by atoms with Crippen LogP contribution in [0.25, 0.3) is 0 Å². The van der Waals surface area contributed by atoms with E-state index in [1.807, 2.05) is 12.1 Å². The lowest BCUT2D eigenvalue weighted by Crippen LogP contribution is -2.34. The second-order valence-electron chi connectivity index (χ2n) is 5.55. The molecular weight excluding hydrogens is 355 g/mol. The number of benzene rings is 2. The second kappa shape index (κ2) is 8.92. The Morgan fingerprint density at radius 1 is 1.04 bits per heavy atom. The van der Waals surface area contributed by atoms with Gasteiger partial charge in [-0.25, -0.2) is 9.36 Å². The molecule has 0 unspecified atom stereocenters. The zero-order chi connectivity index (χ0) is 19.0. The molecule has 2 aromatic rings. The van der Waals surface area contributed by atoms with E-state index < -0.39 is 19.4 Å². The van der Waals surface area contributed by atoms with Crippen molar-refractivity contribution >= 4 is 13.8 Å². The number of hydrogen-bond donors (Lipinski definition) is 2. The zero-order valence-corrected chi connectivity index (χ0v) is 15.2. The Hall–Kier alpha value is -2.24. The normalized spacial score (nSPS) is 12.3. The van der Waals surface area contributed by atoms with E-state index in [0.717, 1.165) is 0 Å². The maximum Gasteiger partial charge on any atom is 0.469 e. The number of phosphoric ester groups is 1. The van der Waals surface area contributed by atoms with Crippen LogP contribution in [0.5, 0.6) is 0 Å². The third-order valence-corrected chi connectivity index (χ3v) is 4.29. The minimum atomic E-state index is -4.64. The van der Waals surface area contributed by atoms with Gasteiger partial charge in [0.15, 0.2) is 5.60 Å². The summed E-state index contributed by atoms with van der Waals surface area (Å²) in [7, 11) is -4.64. The number of esters is 1. The van der Waals surface area contributed by atoms with Gasteiger partial charge in [0.1, 0.15) is 0 Å². The van der Waals surface area contributed by atoms with Crippen molar-refractivity contribution in [3.8, 4) is 0 Å². The number of allylic oxidation sites excluding steroid dienone is 1. The third kappa shape index (κ3) is 5.38. The number of ether oxygens (including phenoxy) is 1. The van der Waals surface area contributed by atoms with Gasteiger partial charge >= 0.3 is 13.8 Å². The van der Waals surface area contributed by atoms with Crippen LogP contribution >= 0.6 is 7.82 Å². The van der Waals surface area contributed by atoms with Gasteiger partial charge in [-0.15, -0.1) is 0 Å². The van der Waals surface area contributed by atoms with Crippen LogP contribution in [0, 0.1) is 0 Å². The van der Waals surface area contributed by atoms with Crippen LogP contribution < -0.4 is 0 Å². The first-order chi connectivity index (χ1) is 12.4. The molecule has 0 spiro atoms. The van der Waals surface area contributed by atoms with Gasteiger partial charge in [-0.3, -0.25) is 4.52 Å². The predicted molar refractivity (Wildman–Crippen MR) is 97.2 cm³/mol. The highest BCUT2D eigenvalue weighted by Crippen LogP contribution is 2.41. The molecule has 0 fully saturated rings. The summed E-state index contributed by atoms with van der Waals surface area (Å²) in [4.78, 5) is 30.2. The molecular formula is C19H21O6P. The molecule has 0 amide bonds. The van der Waals surface area contributed by atoms with Gasteiger partial charge in [-0.05, 0) is 6.92 Å². The summed E-state index contributed by atoms with van der Waals surface area (Å²) in [6.07, 6.45) is 2.90. The Labute approximate surface area is 152 Å².